The molecule has 5 nitrogen and oxygen atoms in total. The molecule has 1 aliphatic rings. The maximum absolute atomic E-state index is 12.3. The SMILES string of the molecule is C[C@H]1OCCN[C@@H]1C(=O)NCC(c1ccccc1Cl)N(C)C. The number of likely N-dealkylation sites (N-methyl/N-ethyl adjacent to an activating group) is 1. The molecule has 0 bridgehead atoms. The van der Waals surface area contributed by atoms with Crippen molar-refractivity contribution in [2.75, 3.05) is 33.8 Å². The van der Waals surface area contributed by atoms with Gasteiger partial charge in [0, 0.05) is 18.1 Å². The van der Waals surface area contributed by atoms with E-state index in [1.807, 2.05) is 45.3 Å². The molecule has 0 radical (unpaired) electrons. The zero-order chi connectivity index (χ0) is 16.1. The molecule has 1 aromatic carbocycles. The van der Waals surface area contributed by atoms with Gasteiger partial charge in [0.1, 0.15) is 6.04 Å². The molecule has 2 rings (SSSR count). The summed E-state index contributed by atoms with van der Waals surface area (Å²) in [5.41, 5.74) is 1.01. The summed E-state index contributed by atoms with van der Waals surface area (Å²) in [5, 5.41) is 6.92. The fourth-order valence-corrected chi connectivity index (χ4v) is 2.91. The van der Waals surface area contributed by atoms with Gasteiger partial charge in [-0.25, -0.2) is 0 Å². The van der Waals surface area contributed by atoms with Crippen molar-refractivity contribution in [1.29, 1.82) is 0 Å². The molecule has 0 spiro atoms. The smallest absolute Gasteiger partial charge is 0.239 e. The van der Waals surface area contributed by atoms with Crippen LogP contribution in [0, 0.1) is 0 Å². The van der Waals surface area contributed by atoms with Crippen LogP contribution in [0.25, 0.3) is 0 Å². The predicted molar refractivity (Wildman–Crippen MR) is 88.1 cm³/mol. The highest BCUT2D eigenvalue weighted by molar-refractivity contribution is 6.31. The molecule has 1 aromatic rings. The molecule has 1 aliphatic heterocycles. The molecule has 1 fully saturated rings. The number of carbonyl (C=O) groups is 1. The largest absolute Gasteiger partial charge is 0.375 e. The van der Waals surface area contributed by atoms with E-state index in [0.717, 1.165) is 5.56 Å². The lowest BCUT2D eigenvalue weighted by Gasteiger charge is -2.31. The number of morpholine rings is 1. The van der Waals surface area contributed by atoms with E-state index in [1.165, 1.54) is 0 Å². The van der Waals surface area contributed by atoms with Crippen LogP contribution in [0.2, 0.25) is 5.02 Å². The molecule has 0 aliphatic carbocycles. The van der Waals surface area contributed by atoms with E-state index in [-0.39, 0.29) is 24.1 Å². The molecule has 1 amide bonds. The van der Waals surface area contributed by atoms with Crippen molar-refractivity contribution in [2.24, 2.45) is 0 Å². The van der Waals surface area contributed by atoms with Crippen LogP contribution in [0.1, 0.15) is 18.5 Å². The summed E-state index contributed by atoms with van der Waals surface area (Å²) < 4.78 is 5.51. The Labute approximate surface area is 137 Å². The van der Waals surface area contributed by atoms with Gasteiger partial charge in [0.15, 0.2) is 0 Å². The second-order valence-electron chi connectivity index (χ2n) is 5.75. The van der Waals surface area contributed by atoms with Crippen LogP contribution in [0.15, 0.2) is 24.3 Å². The predicted octanol–water partition coefficient (Wildman–Crippen LogP) is 1.44. The average molecular weight is 326 g/mol. The van der Waals surface area contributed by atoms with Crippen LogP contribution < -0.4 is 10.6 Å². The second kappa shape index (κ2) is 7.92. The Balaban J connectivity index is 2.00. The van der Waals surface area contributed by atoms with Gasteiger partial charge in [-0.15, -0.1) is 0 Å². The normalized spacial score (nSPS) is 23.3. The Hall–Kier alpha value is -1.14. The van der Waals surface area contributed by atoms with Crippen molar-refractivity contribution in [3.8, 4) is 0 Å². The van der Waals surface area contributed by atoms with Gasteiger partial charge in [0.25, 0.3) is 0 Å². The molecule has 6 heteroatoms. The number of ether oxygens (including phenoxy) is 1. The summed E-state index contributed by atoms with van der Waals surface area (Å²) in [6.45, 7) is 3.75. The van der Waals surface area contributed by atoms with Crippen LogP contribution in [-0.2, 0) is 9.53 Å². The first-order chi connectivity index (χ1) is 10.5. The van der Waals surface area contributed by atoms with Gasteiger partial charge >= 0.3 is 0 Å². The van der Waals surface area contributed by atoms with Gasteiger partial charge < -0.3 is 20.3 Å². The van der Waals surface area contributed by atoms with Crippen molar-refractivity contribution < 1.29 is 9.53 Å². The van der Waals surface area contributed by atoms with Gasteiger partial charge in [0.05, 0.1) is 18.8 Å². The Kier molecular flexibility index (Phi) is 6.20. The lowest BCUT2D eigenvalue weighted by Crippen LogP contribution is -2.56. The van der Waals surface area contributed by atoms with Crippen LogP contribution in [0.5, 0.6) is 0 Å². The highest BCUT2D eigenvalue weighted by Crippen LogP contribution is 2.25. The molecule has 2 N–H and O–H groups in total. The van der Waals surface area contributed by atoms with Crippen molar-refractivity contribution in [3.05, 3.63) is 34.9 Å². The number of carbonyl (C=O) groups excluding carboxylic acids is 1. The van der Waals surface area contributed by atoms with E-state index in [9.17, 15) is 4.79 Å². The summed E-state index contributed by atoms with van der Waals surface area (Å²) in [4.78, 5) is 14.4. The number of hydrogen-bond acceptors (Lipinski definition) is 4. The minimum absolute atomic E-state index is 0.0254. The number of nitrogens with zero attached hydrogens (tertiary/aromatic N) is 1. The first-order valence-corrected chi connectivity index (χ1v) is 7.92. The standard InChI is InChI=1S/C16H24ClN3O2/c1-11-15(18-8-9-22-11)16(21)19-10-14(20(2)3)12-6-4-5-7-13(12)17/h4-7,11,14-15,18H,8-10H2,1-3H3,(H,19,21)/t11-,14?,15+/m1/s1. The summed E-state index contributed by atoms with van der Waals surface area (Å²) in [6.07, 6.45) is -0.119. The fourth-order valence-electron chi connectivity index (χ4n) is 2.65. The maximum Gasteiger partial charge on any atom is 0.239 e. The molecule has 1 unspecified atom stereocenters. The van der Waals surface area contributed by atoms with Crippen LogP contribution in [-0.4, -0.2) is 56.7 Å². The Morgan fingerprint density at radius 1 is 1.50 bits per heavy atom. The van der Waals surface area contributed by atoms with Gasteiger partial charge in [-0.3, -0.25) is 4.79 Å². The van der Waals surface area contributed by atoms with Crippen LogP contribution in [0.3, 0.4) is 0 Å². The molecule has 1 saturated heterocycles. The quantitative estimate of drug-likeness (QED) is 0.860. The van der Waals surface area contributed by atoms with E-state index in [4.69, 9.17) is 16.3 Å². The molecular formula is C16H24ClN3O2. The second-order valence-corrected chi connectivity index (χ2v) is 6.16. The third-order valence-corrected chi connectivity index (χ3v) is 4.30. The molecule has 22 heavy (non-hydrogen) atoms. The van der Waals surface area contributed by atoms with E-state index in [1.54, 1.807) is 0 Å². The van der Waals surface area contributed by atoms with Gasteiger partial charge in [-0.1, -0.05) is 29.8 Å². The highest BCUT2D eigenvalue weighted by atomic mass is 35.5. The number of rotatable bonds is 5. The highest BCUT2D eigenvalue weighted by Gasteiger charge is 2.29. The number of halogens is 1. The van der Waals surface area contributed by atoms with Crippen molar-refractivity contribution >= 4 is 17.5 Å². The zero-order valence-corrected chi connectivity index (χ0v) is 14.1. The first-order valence-electron chi connectivity index (χ1n) is 7.54. The molecule has 3 atom stereocenters. The first kappa shape index (κ1) is 17.2. The Bertz CT molecular complexity index is 510. The van der Waals surface area contributed by atoms with E-state index < -0.39 is 0 Å². The van der Waals surface area contributed by atoms with Crippen LogP contribution in [0.4, 0.5) is 0 Å². The van der Waals surface area contributed by atoms with Gasteiger partial charge in [0.2, 0.25) is 5.91 Å². The van der Waals surface area contributed by atoms with Crippen LogP contribution >= 0.6 is 11.6 Å². The van der Waals surface area contributed by atoms with E-state index in [0.29, 0.717) is 24.7 Å². The summed E-state index contributed by atoms with van der Waals surface area (Å²) in [7, 11) is 3.95. The third-order valence-electron chi connectivity index (χ3n) is 3.96. The topological polar surface area (TPSA) is 53.6 Å². The summed E-state index contributed by atoms with van der Waals surface area (Å²) >= 11 is 6.28. The third kappa shape index (κ3) is 4.20. The Morgan fingerprint density at radius 2 is 2.23 bits per heavy atom. The maximum atomic E-state index is 12.3. The molecular weight excluding hydrogens is 302 g/mol. The van der Waals surface area contributed by atoms with Gasteiger partial charge in [-0.05, 0) is 32.6 Å². The molecule has 1 heterocycles. The molecule has 122 valence electrons. The summed E-state index contributed by atoms with van der Waals surface area (Å²) in [6, 6.07) is 7.44. The minimum atomic E-state index is -0.303. The van der Waals surface area contributed by atoms with Gasteiger partial charge in [-0.2, -0.15) is 0 Å². The fraction of sp³-hybridized carbons (Fsp3) is 0.562. The lowest BCUT2D eigenvalue weighted by atomic mass is 10.1. The molecule has 0 saturated carbocycles. The van der Waals surface area contributed by atoms with Crippen molar-refractivity contribution in [2.45, 2.75) is 25.1 Å². The monoisotopic (exact) mass is 325 g/mol. The molecule has 0 aromatic heterocycles. The van der Waals surface area contributed by atoms with Crippen molar-refractivity contribution in [1.82, 2.24) is 15.5 Å². The van der Waals surface area contributed by atoms with E-state index in [2.05, 4.69) is 15.5 Å². The minimum Gasteiger partial charge on any atom is -0.375 e. The Morgan fingerprint density at radius 3 is 2.86 bits per heavy atom. The number of amides is 1. The average Bonchev–Trinajstić information content (AvgIpc) is 2.49. The number of nitrogens with one attached hydrogen (secondary N) is 2. The lowest BCUT2D eigenvalue weighted by molar-refractivity contribution is -0.129. The zero-order valence-electron chi connectivity index (χ0n) is 13.3. The number of benzene rings is 1. The summed E-state index contributed by atoms with van der Waals surface area (Å²) in [5.74, 6) is -0.0360. The number of hydrogen-bond donors (Lipinski definition) is 2. The van der Waals surface area contributed by atoms with E-state index >= 15 is 0 Å². The van der Waals surface area contributed by atoms with Crippen molar-refractivity contribution in [3.63, 3.8) is 0 Å².